The summed E-state index contributed by atoms with van der Waals surface area (Å²) in [7, 11) is 0. The number of rotatable bonds is 4. The average molecular weight is 272 g/mol. The third-order valence-electron chi connectivity index (χ3n) is 4.31. The van der Waals surface area contributed by atoms with E-state index < -0.39 is 5.97 Å². The van der Waals surface area contributed by atoms with Crippen LogP contribution in [0.25, 0.3) is 11.0 Å². The van der Waals surface area contributed by atoms with Crippen molar-refractivity contribution in [3.05, 3.63) is 29.6 Å². The minimum atomic E-state index is -0.876. The summed E-state index contributed by atoms with van der Waals surface area (Å²) in [6.07, 6.45) is 6.07. The second kappa shape index (κ2) is 5.27. The number of aromatic nitrogens is 2. The van der Waals surface area contributed by atoms with E-state index in [0.717, 1.165) is 29.8 Å². The predicted octanol–water partition coefficient (Wildman–Crippen LogP) is 3.49. The number of hydrogen-bond donors (Lipinski definition) is 1. The first kappa shape index (κ1) is 13.2. The topological polar surface area (TPSA) is 55.1 Å². The normalized spacial score (nSPS) is 16.1. The summed E-state index contributed by atoms with van der Waals surface area (Å²) in [5, 5.41) is 9.15. The number of imidazole rings is 1. The Kier molecular flexibility index (Phi) is 3.47. The van der Waals surface area contributed by atoms with Gasteiger partial charge in [0.25, 0.3) is 0 Å². The molecule has 0 bridgehead atoms. The van der Waals surface area contributed by atoms with Crippen molar-refractivity contribution in [3.63, 3.8) is 0 Å². The van der Waals surface area contributed by atoms with Crippen LogP contribution < -0.4 is 0 Å². The molecule has 4 heteroatoms. The lowest BCUT2D eigenvalue weighted by Gasteiger charge is -2.13. The SMILES string of the molecule is CCc1nc2ccc(C(=O)O)cc2n1CC1CCCC1. The molecule has 1 aliphatic rings. The first-order chi connectivity index (χ1) is 9.69. The van der Waals surface area contributed by atoms with Gasteiger partial charge in [0, 0.05) is 13.0 Å². The van der Waals surface area contributed by atoms with Gasteiger partial charge >= 0.3 is 5.97 Å². The Morgan fingerprint density at radius 3 is 2.80 bits per heavy atom. The zero-order valence-corrected chi connectivity index (χ0v) is 11.8. The van der Waals surface area contributed by atoms with Crippen LogP contribution in [0.1, 0.15) is 48.8 Å². The van der Waals surface area contributed by atoms with Crippen molar-refractivity contribution in [1.82, 2.24) is 9.55 Å². The van der Waals surface area contributed by atoms with Crippen molar-refractivity contribution in [1.29, 1.82) is 0 Å². The van der Waals surface area contributed by atoms with Crippen molar-refractivity contribution in [2.75, 3.05) is 0 Å². The van der Waals surface area contributed by atoms with Gasteiger partial charge in [-0.25, -0.2) is 9.78 Å². The maximum absolute atomic E-state index is 11.1. The lowest BCUT2D eigenvalue weighted by molar-refractivity contribution is 0.0697. The molecule has 1 aromatic heterocycles. The zero-order valence-electron chi connectivity index (χ0n) is 11.8. The van der Waals surface area contributed by atoms with Gasteiger partial charge in [-0.3, -0.25) is 0 Å². The van der Waals surface area contributed by atoms with Crippen LogP contribution in [0.5, 0.6) is 0 Å². The molecule has 0 aliphatic heterocycles. The van der Waals surface area contributed by atoms with Crippen LogP contribution >= 0.6 is 0 Å². The number of benzene rings is 1. The van der Waals surface area contributed by atoms with Crippen molar-refractivity contribution in [3.8, 4) is 0 Å². The largest absolute Gasteiger partial charge is 0.478 e. The van der Waals surface area contributed by atoms with E-state index in [1.807, 2.05) is 6.07 Å². The summed E-state index contributed by atoms with van der Waals surface area (Å²) in [4.78, 5) is 15.8. The molecule has 2 aromatic rings. The minimum Gasteiger partial charge on any atom is -0.478 e. The molecule has 1 N–H and O–H groups in total. The van der Waals surface area contributed by atoms with Gasteiger partial charge in [-0.2, -0.15) is 0 Å². The van der Waals surface area contributed by atoms with Gasteiger partial charge in [0.1, 0.15) is 5.82 Å². The van der Waals surface area contributed by atoms with Crippen LogP contribution in [0.2, 0.25) is 0 Å². The molecule has 0 atom stereocenters. The third kappa shape index (κ3) is 2.30. The molecule has 0 spiro atoms. The number of hydrogen-bond acceptors (Lipinski definition) is 2. The van der Waals surface area contributed by atoms with Crippen molar-refractivity contribution in [2.24, 2.45) is 5.92 Å². The Bertz CT molecular complexity index is 639. The van der Waals surface area contributed by atoms with Crippen LogP contribution in [0.3, 0.4) is 0 Å². The molecule has 0 saturated heterocycles. The molecule has 0 radical (unpaired) electrons. The van der Waals surface area contributed by atoms with E-state index in [4.69, 9.17) is 5.11 Å². The smallest absolute Gasteiger partial charge is 0.335 e. The second-order valence-electron chi connectivity index (χ2n) is 5.65. The van der Waals surface area contributed by atoms with Gasteiger partial charge in [-0.15, -0.1) is 0 Å². The van der Waals surface area contributed by atoms with Crippen LogP contribution in [0.4, 0.5) is 0 Å². The number of carboxylic acid groups (broad SMARTS) is 1. The highest BCUT2D eigenvalue weighted by Gasteiger charge is 2.19. The summed E-state index contributed by atoms with van der Waals surface area (Å²) in [5.74, 6) is 0.902. The molecule has 1 saturated carbocycles. The van der Waals surface area contributed by atoms with Gasteiger partial charge in [0.15, 0.2) is 0 Å². The number of fused-ring (bicyclic) bond motifs is 1. The predicted molar refractivity (Wildman–Crippen MR) is 78.0 cm³/mol. The van der Waals surface area contributed by atoms with E-state index in [2.05, 4.69) is 16.5 Å². The quantitative estimate of drug-likeness (QED) is 0.927. The second-order valence-corrected chi connectivity index (χ2v) is 5.65. The summed E-state index contributed by atoms with van der Waals surface area (Å²) >= 11 is 0. The third-order valence-corrected chi connectivity index (χ3v) is 4.31. The summed E-state index contributed by atoms with van der Waals surface area (Å²) < 4.78 is 2.23. The van der Waals surface area contributed by atoms with Gasteiger partial charge in [0.05, 0.1) is 16.6 Å². The number of carboxylic acids is 1. The van der Waals surface area contributed by atoms with Crippen molar-refractivity contribution in [2.45, 2.75) is 45.6 Å². The van der Waals surface area contributed by atoms with Gasteiger partial charge in [0.2, 0.25) is 0 Å². The van der Waals surface area contributed by atoms with E-state index in [9.17, 15) is 4.79 Å². The molecule has 0 amide bonds. The summed E-state index contributed by atoms with van der Waals surface area (Å²) in [6, 6.07) is 5.22. The maximum Gasteiger partial charge on any atom is 0.335 e. The van der Waals surface area contributed by atoms with Crippen molar-refractivity contribution < 1.29 is 9.90 Å². The molecule has 3 rings (SSSR count). The minimum absolute atomic E-state index is 0.340. The fourth-order valence-corrected chi connectivity index (χ4v) is 3.23. The van der Waals surface area contributed by atoms with E-state index in [-0.39, 0.29) is 0 Å². The molecule has 0 unspecified atom stereocenters. The fourth-order valence-electron chi connectivity index (χ4n) is 3.23. The molecule has 1 aromatic carbocycles. The summed E-state index contributed by atoms with van der Waals surface area (Å²) in [5.41, 5.74) is 2.21. The zero-order chi connectivity index (χ0) is 14.1. The molecule has 1 heterocycles. The first-order valence-electron chi connectivity index (χ1n) is 7.41. The Balaban J connectivity index is 2.05. The number of aryl methyl sites for hydroxylation is 1. The number of aromatic carboxylic acids is 1. The molecule has 1 fully saturated rings. The van der Waals surface area contributed by atoms with E-state index >= 15 is 0 Å². The molecular formula is C16H20N2O2. The monoisotopic (exact) mass is 272 g/mol. The first-order valence-corrected chi connectivity index (χ1v) is 7.41. The number of nitrogens with zero attached hydrogens (tertiary/aromatic N) is 2. The molecular weight excluding hydrogens is 252 g/mol. The van der Waals surface area contributed by atoms with Crippen LogP contribution in [-0.4, -0.2) is 20.6 Å². The maximum atomic E-state index is 11.1. The van der Waals surface area contributed by atoms with Crippen LogP contribution in [0, 0.1) is 5.92 Å². The van der Waals surface area contributed by atoms with Crippen LogP contribution in [0.15, 0.2) is 18.2 Å². The molecule has 106 valence electrons. The van der Waals surface area contributed by atoms with E-state index in [0.29, 0.717) is 11.5 Å². The van der Waals surface area contributed by atoms with Gasteiger partial charge in [-0.1, -0.05) is 19.8 Å². The molecule has 1 aliphatic carbocycles. The van der Waals surface area contributed by atoms with E-state index in [1.165, 1.54) is 25.7 Å². The Morgan fingerprint density at radius 2 is 2.15 bits per heavy atom. The highest BCUT2D eigenvalue weighted by Crippen LogP contribution is 2.28. The molecule has 4 nitrogen and oxygen atoms in total. The highest BCUT2D eigenvalue weighted by molar-refractivity contribution is 5.92. The lowest BCUT2D eigenvalue weighted by Crippen LogP contribution is -2.10. The number of carbonyl (C=O) groups is 1. The van der Waals surface area contributed by atoms with Crippen LogP contribution in [-0.2, 0) is 13.0 Å². The van der Waals surface area contributed by atoms with E-state index in [1.54, 1.807) is 12.1 Å². The summed E-state index contributed by atoms with van der Waals surface area (Å²) in [6.45, 7) is 3.08. The fraction of sp³-hybridized carbons (Fsp3) is 0.500. The Labute approximate surface area is 118 Å². The Morgan fingerprint density at radius 1 is 1.40 bits per heavy atom. The van der Waals surface area contributed by atoms with Gasteiger partial charge < -0.3 is 9.67 Å². The van der Waals surface area contributed by atoms with Gasteiger partial charge in [-0.05, 0) is 37.0 Å². The Hall–Kier alpha value is -1.84. The average Bonchev–Trinajstić information content (AvgIpc) is 3.06. The lowest BCUT2D eigenvalue weighted by atomic mass is 10.1. The highest BCUT2D eigenvalue weighted by atomic mass is 16.4. The standard InChI is InChI=1S/C16H20N2O2/c1-2-15-17-13-8-7-12(16(19)20)9-14(13)18(15)10-11-5-3-4-6-11/h7-9,11H,2-6,10H2,1H3,(H,19,20). The molecule has 20 heavy (non-hydrogen) atoms. The van der Waals surface area contributed by atoms with Crippen molar-refractivity contribution >= 4 is 17.0 Å².